The van der Waals surface area contributed by atoms with Crippen LogP contribution < -0.4 is 0 Å². The average molecular weight is 288 g/mol. The second-order valence-corrected chi connectivity index (χ2v) is 6.01. The van der Waals surface area contributed by atoms with Gasteiger partial charge >= 0.3 is 0 Å². The monoisotopic (exact) mass is 288 g/mol. The Morgan fingerprint density at radius 2 is 1.81 bits per heavy atom. The molecule has 3 rings (SSSR count). The Labute approximate surface area is 124 Å². The smallest absolute Gasteiger partial charge is 0.260 e. The molecule has 1 spiro atoms. The van der Waals surface area contributed by atoms with Crippen LogP contribution in [-0.4, -0.2) is 41.9 Å². The quantitative estimate of drug-likeness (QED) is 0.793. The molecule has 2 aliphatic rings. The van der Waals surface area contributed by atoms with Crippen molar-refractivity contribution in [3.63, 3.8) is 0 Å². The zero-order valence-corrected chi connectivity index (χ0v) is 12.2. The van der Waals surface area contributed by atoms with E-state index in [-0.39, 0.29) is 24.8 Å². The summed E-state index contributed by atoms with van der Waals surface area (Å²) in [5, 5.41) is 0.998. The van der Waals surface area contributed by atoms with Crippen molar-refractivity contribution in [3.05, 3.63) is 35.9 Å². The molecule has 0 aromatic heterocycles. The van der Waals surface area contributed by atoms with Crippen LogP contribution in [0.4, 0.5) is 0 Å². The molecular formula is C16H20N2O3. The third kappa shape index (κ3) is 2.71. The second-order valence-electron chi connectivity index (χ2n) is 6.01. The largest absolute Gasteiger partial charge is 0.306 e. The maximum atomic E-state index is 12.6. The lowest BCUT2D eigenvalue weighted by molar-refractivity contribution is -0.194. The van der Waals surface area contributed by atoms with Gasteiger partial charge in [-0.3, -0.25) is 14.4 Å². The molecule has 0 radical (unpaired) electrons. The molecule has 0 saturated carbocycles. The highest BCUT2D eigenvalue weighted by Crippen LogP contribution is 2.42. The lowest BCUT2D eigenvalue weighted by Crippen LogP contribution is -2.43. The standard InChI is InChI=1S/C16H20N2O3/c1-17-9-7-16(8-10-17)11-14(19)18(15(16)20)21-12-13-5-3-2-4-6-13/h2-6H,7-12H2,1H3. The van der Waals surface area contributed by atoms with E-state index in [1.807, 2.05) is 37.4 Å². The van der Waals surface area contributed by atoms with E-state index in [0.717, 1.165) is 36.6 Å². The van der Waals surface area contributed by atoms with Gasteiger partial charge in [0.2, 0.25) is 0 Å². The van der Waals surface area contributed by atoms with Gasteiger partial charge in [0.1, 0.15) is 6.61 Å². The van der Waals surface area contributed by atoms with Crippen molar-refractivity contribution in [1.82, 2.24) is 9.96 Å². The number of piperidine rings is 1. The summed E-state index contributed by atoms with van der Waals surface area (Å²) in [5.74, 6) is -0.364. The Balaban J connectivity index is 1.67. The summed E-state index contributed by atoms with van der Waals surface area (Å²) in [4.78, 5) is 32.4. The summed E-state index contributed by atoms with van der Waals surface area (Å²) in [5.41, 5.74) is 0.419. The number of hydrogen-bond donors (Lipinski definition) is 0. The fourth-order valence-corrected chi connectivity index (χ4v) is 3.05. The van der Waals surface area contributed by atoms with E-state index in [1.165, 1.54) is 0 Å². The van der Waals surface area contributed by atoms with Crippen LogP contribution >= 0.6 is 0 Å². The normalized spacial score (nSPS) is 22.2. The van der Waals surface area contributed by atoms with Gasteiger partial charge in [0.25, 0.3) is 11.8 Å². The Hall–Kier alpha value is -1.72. The van der Waals surface area contributed by atoms with Gasteiger partial charge in [-0.25, -0.2) is 0 Å². The molecule has 1 aromatic rings. The van der Waals surface area contributed by atoms with Gasteiger partial charge in [-0.15, -0.1) is 0 Å². The zero-order valence-electron chi connectivity index (χ0n) is 12.2. The van der Waals surface area contributed by atoms with Gasteiger partial charge in [-0.1, -0.05) is 30.3 Å². The van der Waals surface area contributed by atoms with E-state index >= 15 is 0 Å². The first-order chi connectivity index (χ1) is 10.1. The van der Waals surface area contributed by atoms with Crippen molar-refractivity contribution >= 4 is 11.8 Å². The highest BCUT2D eigenvalue weighted by atomic mass is 16.7. The molecule has 0 atom stereocenters. The predicted molar refractivity (Wildman–Crippen MR) is 76.9 cm³/mol. The topological polar surface area (TPSA) is 49.9 Å². The minimum absolute atomic E-state index is 0.156. The van der Waals surface area contributed by atoms with Crippen LogP contribution in [0.3, 0.4) is 0 Å². The number of amides is 2. The molecule has 21 heavy (non-hydrogen) atoms. The van der Waals surface area contributed by atoms with Crippen molar-refractivity contribution in [1.29, 1.82) is 0 Å². The zero-order chi connectivity index (χ0) is 14.9. The molecular weight excluding hydrogens is 268 g/mol. The van der Waals surface area contributed by atoms with Crippen LogP contribution in [0.1, 0.15) is 24.8 Å². The summed E-state index contributed by atoms with van der Waals surface area (Å²) in [7, 11) is 2.04. The molecule has 112 valence electrons. The Morgan fingerprint density at radius 3 is 2.48 bits per heavy atom. The first-order valence-corrected chi connectivity index (χ1v) is 7.33. The molecule has 0 N–H and O–H groups in total. The van der Waals surface area contributed by atoms with Crippen molar-refractivity contribution in [2.75, 3.05) is 20.1 Å². The lowest BCUT2D eigenvalue weighted by atomic mass is 9.77. The van der Waals surface area contributed by atoms with E-state index in [2.05, 4.69) is 4.90 Å². The highest BCUT2D eigenvalue weighted by molar-refractivity contribution is 6.04. The van der Waals surface area contributed by atoms with E-state index in [4.69, 9.17) is 4.84 Å². The second kappa shape index (κ2) is 5.58. The van der Waals surface area contributed by atoms with E-state index < -0.39 is 5.41 Å². The Bertz CT molecular complexity index is 536. The molecule has 2 heterocycles. The number of carbonyl (C=O) groups is 2. The van der Waals surface area contributed by atoms with Gasteiger partial charge in [-0.2, -0.15) is 5.06 Å². The fourth-order valence-electron chi connectivity index (χ4n) is 3.05. The van der Waals surface area contributed by atoms with Crippen LogP contribution in [0.2, 0.25) is 0 Å². The van der Waals surface area contributed by atoms with Crippen LogP contribution in [0.5, 0.6) is 0 Å². The summed E-state index contributed by atoms with van der Waals surface area (Å²) in [6, 6.07) is 9.56. The van der Waals surface area contributed by atoms with Crippen molar-refractivity contribution < 1.29 is 14.4 Å². The highest BCUT2D eigenvalue weighted by Gasteiger charge is 2.53. The molecule has 0 aliphatic carbocycles. The minimum Gasteiger partial charge on any atom is -0.306 e. The number of hydroxylamine groups is 2. The van der Waals surface area contributed by atoms with Gasteiger partial charge in [0.05, 0.1) is 5.41 Å². The number of rotatable bonds is 3. The molecule has 2 amide bonds. The number of benzene rings is 1. The van der Waals surface area contributed by atoms with Gasteiger partial charge in [0.15, 0.2) is 0 Å². The molecule has 0 bridgehead atoms. The van der Waals surface area contributed by atoms with E-state index in [9.17, 15) is 9.59 Å². The summed E-state index contributed by atoms with van der Waals surface area (Å²) in [6.07, 6.45) is 1.76. The first-order valence-electron chi connectivity index (χ1n) is 7.33. The van der Waals surface area contributed by atoms with Crippen molar-refractivity contribution in [2.45, 2.75) is 25.9 Å². The number of likely N-dealkylation sites (tertiary alicyclic amines) is 1. The number of nitrogens with zero attached hydrogens (tertiary/aromatic N) is 2. The van der Waals surface area contributed by atoms with E-state index in [0.29, 0.717) is 0 Å². The number of carbonyl (C=O) groups excluding carboxylic acids is 2. The maximum Gasteiger partial charge on any atom is 0.260 e. The minimum atomic E-state index is -0.527. The SMILES string of the molecule is CN1CCC2(CC1)CC(=O)N(OCc1ccccc1)C2=O. The third-order valence-corrected chi connectivity index (χ3v) is 4.50. The Morgan fingerprint density at radius 1 is 1.14 bits per heavy atom. The van der Waals surface area contributed by atoms with Crippen LogP contribution in [-0.2, 0) is 21.0 Å². The number of imide groups is 1. The Kier molecular flexibility index (Phi) is 3.78. The van der Waals surface area contributed by atoms with Gasteiger partial charge in [0, 0.05) is 6.42 Å². The van der Waals surface area contributed by atoms with Crippen LogP contribution in [0.15, 0.2) is 30.3 Å². The third-order valence-electron chi connectivity index (χ3n) is 4.50. The van der Waals surface area contributed by atoms with Crippen LogP contribution in [0, 0.1) is 5.41 Å². The molecule has 2 saturated heterocycles. The lowest BCUT2D eigenvalue weighted by Gasteiger charge is -2.35. The van der Waals surface area contributed by atoms with Gasteiger partial charge in [-0.05, 0) is 38.5 Å². The first kappa shape index (κ1) is 14.2. The summed E-state index contributed by atoms with van der Waals surface area (Å²) in [6.45, 7) is 1.95. The van der Waals surface area contributed by atoms with Crippen LogP contribution in [0.25, 0.3) is 0 Å². The molecule has 5 heteroatoms. The molecule has 5 nitrogen and oxygen atoms in total. The molecule has 0 unspecified atom stereocenters. The van der Waals surface area contributed by atoms with Crippen molar-refractivity contribution in [3.8, 4) is 0 Å². The fraction of sp³-hybridized carbons (Fsp3) is 0.500. The molecule has 2 fully saturated rings. The molecule has 2 aliphatic heterocycles. The maximum absolute atomic E-state index is 12.6. The molecule has 1 aromatic carbocycles. The summed E-state index contributed by atoms with van der Waals surface area (Å²) >= 11 is 0. The predicted octanol–water partition coefficient (Wildman–Crippen LogP) is 1.59. The van der Waals surface area contributed by atoms with Gasteiger partial charge < -0.3 is 4.90 Å². The number of hydrogen-bond acceptors (Lipinski definition) is 4. The average Bonchev–Trinajstić information content (AvgIpc) is 2.73. The summed E-state index contributed by atoms with van der Waals surface area (Å²) < 4.78 is 0. The van der Waals surface area contributed by atoms with E-state index in [1.54, 1.807) is 0 Å². The van der Waals surface area contributed by atoms with Crippen molar-refractivity contribution in [2.24, 2.45) is 5.41 Å².